The molecule has 0 spiro atoms. The van der Waals surface area contributed by atoms with Crippen LogP contribution in [0.3, 0.4) is 0 Å². The average molecular weight is 234 g/mol. The van der Waals surface area contributed by atoms with Gasteiger partial charge in [0, 0.05) is 6.92 Å². The largest absolute Gasteiger partial charge is 0.478 e. The topological polar surface area (TPSA) is 66.4 Å². The molecule has 0 atom stereocenters. The van der Waals surface area contributed by atoms with Crippen molar-refractivity contribution in [3.63, 3.8) is 0 Å². The molecule has 0 radical (unpaired) electrons. The Morgan fingerprint density at radius 2 is 2.07 bits per heavy atom. The summed E-state index contributed by atoms with van der Waals surface area (Å²) in [5.74, 6) is -1.40. The molecule has 0 saturated carbocycles. The van der Waals surface area contributed by atoms with E-state index in [1.165, 1.54) is 6.92 Å². The lowest BCUT2D eigenvalue weighted by Crippen LogP contribution is -2.08. The Balaban J connectivity index is 3.22. The first-order valence-corrected chi connectivity index (χ1v) is 4.92. The van der Waals surface area contributed by atoms with Crippen LogP contribution in [0.25, 0.3) is 0 Å². The van der Waals surface area contributed by atoms with Gasteiger partial charge in [-0.25, -0.2) is 4.79 Å². The fourth-order valence-electron chi connectivity index (χ4n) is 0.991. The first-order valence-electron chi connectivity index (χ1n) is 3.73. The maximum absolute atomic E-state index is 10.8. The highest BCUT2D eigenvalue weighted by Gasteiger charge is 2.20. The summed E-state index contributed by atoms with van der Waals surface area (Å²) in [5.41, 5.74) is 0.545. The molecule has 6 heteroatoms. The number of carbonyl (C=O) groups is 2. The van der Waals surface area contributed by atoms with Crippen LogP contribution in [0.5, 0.6) is 0 Å². The molecule has 1 aromatic rings. The molecule has 2 N–H and O–H groups in total. The highest BCUT2D eigenvalue weighted by molar-refractivity contribution is 7.20. The summed E-state index contributed by atoms with van der Waals surface area (Å²) in [7, 11) is 0. The van der Waals surface area contributed by atoms with Crippen molar-refractivity contribution in [2.75, 3.05) is 5.32 Å². The lowest BCUT2D eigenvalue weighted by molar-refractivity contribution is -0.114. The van der Waals surface area contributed by atoms with Gasteiger partial charge in [0.05, 0.1) is 9.90 Å². The van der Waals surface area contributed by atoms with E-state index in [1.807, 2.05) is 0 Å². The van der Waals surface area contributed by atoms with Crippen molar-refractivity contribution < 1.29 is 14.7 Å². The standard InChI is InChI=1S/C8H8ClNO3S/c1-3-5(8(12)13)7(10-4(2)11)14-6(3)9/h1-2H3,(H,10,11)(H,12,13). The average Bonchev–Trinajstić information content (AvgIpc) is 2.26. The minimum atomic E-state index is -1.09. The Morgan fingerprint density at radius 1 is 1.50 bits per heavy atom. The van der Waals surface area contributed by atoms with Crippen molar-refractivity contribution in [2.24, 2.45) is 0 Å². The van der Waals surface area contributed by atoms with E-state index in [0.29, 0.717) is 9.90 Å². The van der Waals surface area contributed by atoms with E-state index >= 15 is 0 Å². The van der Waals surface area contributed by atoms with Crippen LogP contribution in [-0.4, -0.2) is 17.0 Å². The number of halogens is 1. The van der Waals surface area contributed by atoms with Gasteiger partial charge in [-0.1, -0.05) is 11.6 Å². The van der Waals surface area contributed by atoms with Crippen molar-refractivity contribution in [1.29, 1.82) is 0 Å². The number of carboxylic acid groups (broad SMARTS) is 1. The first kappa shape index (κ1) is 11.0. The highest BCUT2D eigenvalue weighted by atomic mass is 35.5. The Morgan fingerprint density at radius 3 is 2.50 bits per heavy atom. The van der Waals surface area contributed by atoms with E-state index in [1.54, 1.807) is 6.92 Å². The maximum Gasteiger partial charge on any atom is 0.339 e. The fourth-order valence-corrected chi connectivity index (χ4v) is 2.29. The molecule has 0 fully saturated rings. The van der Waals surface area contributed by atoms with Gasteiger partial charge < -0.3 is 10.4 Å². The summed E-state index contributed by atoms with van der Waals surface area (Å²) in [4.78, 5) is 21.6. The number of amides is 1. The van der Waals surface area contributed by atoms with Crippen molar-refractivity contribution in [3.05, 3.63) is 15.5 Å². The van der Waals surface area contributed by atoms with E-state index < -0.39 is 5.97 Å². The Labute approximate surface area is 89.5 Å². The minimum absolute atomic E-state index is 0.0650. The number of nitrogens with one attached hydrogen (secondary N) is 1. The number of aromatic carboxylic acids is 1. The first-order chi connectivity index (χ1) is 6.43. The minimum Gasteiger partial charge on any atom is -0.478 e. The van der Waals surface area contributed by atoms with Crippen LogP contribution >= 0.6 is 22.9 Å². The molecule has 1 rings (SSSR count). The third-order valence-electron chi connectivity index (χ3n) is 1.59. The van der Waals surface area contributed by atoms with Crippen LogP contribution in [0.1, 0.15) is 22.8 Å². The highest BCUT2D eigenvalue weighted by Crippen LogP contribution is 2.36. The Bertz CT molecular complexity index is 400. The third kappa shape index (κ3) is 2.05. The smallest absolute Gasteiger partial charge is 0.339 e. The zero-order valence-corrected chi connectivity index (χ0v) is 9.12. The quantitative estimate of drug-likeness (QED) is 0.824. The van der Waals surface area contributed by atoms with Gasteiger partial charge in [-0.3, -0.25) is 4.79 Å². The molecule has 0 bridgehead atoms. The van der Waals surface area contributed by atoms with Gasteiger partial charge in [0.2, 0.25) is 5.91 Å². The number of rotatable bonds is 2. The van der Waals surface area contributed by atoms with Crippen LogP contribution < -0.4 is 5.32 Å². The third-order valence-corrected chi connectivity index (χ3v) is 3.10. The van der Waals surface area contributed by atoms with Gasteiger partial charge in [0.25, 0.3) is 0 Å². The number of anilines is 1. The second-order valence-electron chi connectivity index (χ2n) is 2.69. The van der Waals surface area contributed by atoms with Crippen molar-refractivity contribution in [3.8, 4) is 0 Å². The summed E-state index contributed by atoms with van der Waals surface area (Å²) in [5, 5.41) is 11.6. The number of carbonyl (C=O) groups excluding carboxylic acids is 1. The molecule has 76 valence electrons. The summed E-state index contributed by atoms with van der Waals surface area (Å²) in [6, 6.07) is 0. The molecule has 0 aliphatic rings. The number of carboxylic acids is 1. The number of hydrogen-bond donors (Lipinski definition) is 2. The molecule has 0 aliphatic heterocycles. The predicted molar refractivity (Wildman–Crippen MR) is 55.3 cm³/mol. The van der Waals surface area contributed by atoms with Crippen molar-refractivity contribution >= 4 is 39.8 Å². The molecule has 14 heavy (non-hydrogen) atoms. The van der Waals surface area contributed by atoms with Crippen LogP contribution in [-0.2, 0) is 4.79 Å². The molecule has 0 aromatic carbocycles. The molecule has 0 aliphatic carbocycles. The second kappa shape index (κ2) is 3.98. The maximum atomic E-state index is 10.8. The van der Waals surface area contributed by atoms with Gasteiger partial charge >= 0.3 is 5.97 Å². The van der Waals surface area contributed by atoms with E-state index in [4.69, 9.17) is 16.7 Å². The summed E-state index contributed by atoms with van der Waals surface area (Å²) >= 11 is 6.82. The fraction of sp³-hybridized carbons (Fsp3) is 0.250. The normalized spacial score (nSPS) is 9.93. The lowest BCUT2D eigenvalue weighted by atomic mass is 10.2. The second-order valence-corrected chi connectivity index (χ2v) is 4.31. The zero-order chi connectivity index (χ0) is 10.9. The molecular weight excluding hydrogens is 226 g/mol. The monoisotopic (exact) mass is 233 g/mol. The molecule has 0 unspecified atom stereocenters. The van der Waals surface area contributed by atoms with Crippen LogP contribution in [0.2, 0.25) is 4.34 Å². The summed E-state index contributed by atoms with van der Waals surface area (Å²) in [6.45, 7) is 2.92. The molecule has 1 amide bonds. The SMILES string of the molecule is CC(=O)Nc1sc(Cl)c(C)c1C(=O)O. The van der Waals surface area contributed by atoms with Gasteiger partial charge in [0.1, 0.15) is 5.00 Å². The Kier molecular flexibility index (Phi) is 3.13. The van der Waals surface area contributed by atoms with Crippen LogP contribution in [0, 0.1) is 6.92 Å². The molecular formula is C8H8ClNO3S. The van der Waals surface area contributed by atoms with Crippen molar-refractivity contribution in [2.45, 2.75) is 13.8 Å². The summed E-state index contributed by atoms with van der Waals surface area (Å²) < 4.78 is 0.381. The van der Waals surface area contributed by atoms with Gasteiger partial charge in [-0.05, 0) is 12.5 Å². The molecule has 0 saturated heterocycles. The predicted octanol–water partition coefficient (Wildman–Crippen LogP) is 2.37. The number of thiophene rings is 1. The molecule has 1 aromatic heterocycles. The van der Waals surface area contributed by atoms with Crippen LogP contribution in [0.4, 0.5) is 5.00 Å². The van der Waals surface area contributed by atoms with Gasteiger partial charge in [-0.2, -0.15) is 0 Å². The molecule has 4 nitrogen and oxygen atoms in total. The zero-order valence-electron chi connectivity index (χ0n) is 7.55. The lowest BCUT2D eigenvalue weighted by Gasteiger charge is -1.99. The van der Waals surface area contributed by atoms with Crippen molar-refractivity contribution in [1.82, 2.24) is 0 Å². The van der Waals surface area contributed by atoms with Crippen LogP contribution in [0.15, 0.2) is 0 Å². The number of hydrogen-bond acceptors (Lipinski definition) is 3. The summed E-state index contributed by atoms with van der Waals surface area (Å²) in [6.07, 6.45) is 0. The van der Waals surface area contributed by atoms with E-state index in [-0.39, 0.29) is 16.5 Å². The van der Waals surface area contributed by atoms with E-state index in [0.717, 1.165) is 11.3 Å². The van der Waals surface area contributed by atoms with Gasteiger partial charge in [-0.15, -0.1) is 11.3 Å². The van der Waals surface area contributed by atoms with Gasteiger partial charge in [0.15, 0.2) is 0 Å². The molecule has 1 heterocycles. The Hall–Kier alpha value is -1.07. The van der Waals surface area contributed by atoms with E-state index in [9.17, 15) is 9.59 Å². The van der Waals surface area contributed by atoms with E-state index in [2.05, 4.69) is 5.32 Å².